The summed E-state index contributed by atoms with van der Waals surface area (Å²) in [5, 5.41) is 20.3. The van der Waals surface area contributed by atoms with Crippen molar-refractivity contribution in [2.75, 3.05) is 11.5 Å². The number of thioether (sulfide) groups is 1. The largest absolute Gasteiger partial charge is 0.427 e. The van der Waals surface area contributed by atoms with Gasteiger partial charge in [0.05, 0.1) is 11.3 Å². The van der Waals surface area contributed by atoms with Crippen molar-refractivity contribution >= 4 is 40.3 Å². The normalized spacial score (nSPS) is 10.4. The standard InChI is InChI=1S/C26H16N4O5S/c1-14(31)34-17-8-6-15(7-9-17)23-19(11-27)24(29)30-25(20(23)12-28)36-13-21(32)18-10-16-4-2-3-5-22(16)35-26(18)33/h2-10H,13H2,1H3,(H2,29,30). The maximum absolute atomic E-state index is 12.9. The van der Waals surface area contributed by atoms with Crippen LogP contribution in [0.2, 0.25) is 0 Å². The highest BCUT2D eigenvalue weighted by Crippen LogP contribution is 2.36. The van der Waals surface area contributed by atoms with Gasteiger partial charge in [-0.05, 0) is 29.8 Å². The molecule has 9 nitrogen and oxygen atoms in total. The molecule has 0 amide bonds. The van der Waals surface area contributed by atoms with Gasteiger partial charge in [0.2, 0.25) is 0 Å². The second-order valence-electron chi connectivity index (χ2n) is 7.47. The molecule has 0 unspecified atom stereocenters. The molecule has 4 rings (SSSR count). The number of ether oxygens (including phenoxy) is 1. The maximum atomic E-state index is 12.9. The predicted molar refractivity (Wildman–Crippen MR) is 132 cm³/mol. The lowest BCUT2D eigenvalue weighted by molar-refractivity contribution is -0.131. The minimum Gasteiger partial charge on any atom is -0.427 e. The molecule has 2 aromatic carbocycles. The molecule has 36 heavy (non-hydrogen) atoms. The molecule has 0 aliphatic heterocycles. The number of esters is 1. The summed E-state index contributed by atoms with van der Waals surface area (Å²) in [4.78, 5) is 40.5. The second-order valence-corrected chi connectivity index (χ2v) is 8.43. The lowest BCUT2D eigenvalue weighted by atomic mass is 9.97. The van der Waals surface area contributed by atoms with E-state index in [-0.39, 0.29) is 38.9 Å². The molecule has 10 heteroatoms. The van der Waals surface area contributed by atoms with Gasteiger partial charge < -0.3 is 14.9 Å². The highest BCUT2D eigenvalue weighted by Gasteiger charge is 2.22. The molecular formula is C26H16N4O5S. The molecule has 0 saturated carbocycles. The topological polar surface area (TPSA) is 160 Å². The van der Waals surface area contributed by atoms with Gasteiger partial charge in [-0.1, -0.05) is 42.1 Å². The monoisotopic (exact) mass is 496 g/mol. The molecule has 0 aliphatic rings. The van der Waals surface area contributed by atoms with E-state index in [1.165, 1.54) is 25.1 Å². The van der Waals surface area contributed by atoms with Crippen molar-refractivity contribution in [3.8, 4) is 29.0 Å². The number of ketones is 1. The minimum absolute atomic E-state index is 0.00219. The number of pyridine rings is 1. The van der Waals surface area contributed by atoms with Crippen molar-refractivity contribution in [1.82, 2.24) is 4.98 Å². The number of Topliss-reactive ketones (excluding diaryl/α,β-unsaturated/α-hetero) is 1. The first-order valence-electron chi connectivity index (χ1n) is 10.4. The Kier molecular flexibility index (Phi) is 6.81. The van der Waals surface area contributed by atoms with Gasteiger partial charge in [0.25, 0.3) is 0 Å². The number of nitrogens with two attached hydrogens (primary N) is 1. The van der Waals surface area contributed by atoms with Crippen molar-refractivity contribution in [2.45, 2.75) is 11.9 Å². The van der Waals surface area contributed by atoms with Crippen molar-refractivity contribution in [3.63, 3.8) is 0 Å². The summed E-state index contributed by atoms with van der Waals surface area (Å²) in [6, 6.07) is 18.5. The van der Waals surface area contributed by atoms with Crippen LogP contribution in [0.5, 0.6) is 5.75 Å². The van der Waals surface area contributed by atoms with Crippen LogP contribution in [0, 0.1) is 22.7 Å². The van der Waals surface area contributed by atoms with Gasteiger partial charge in [-0.2, -0.15) is 10.5 Å². The average Bonchev–Trinajstić information content (AvgIpc) is 2.86. The molecule has 2 aromatic heterocycles. The molecule has 0 atom stereocenters. The summed E-state index contributed by atoms with van der Waals surface area (Å²) in [5.74, 6) is -1.05. The SMILES string of the molecule is CC(=O)Oc1ccc(-c2c(C#N)c(N)nc(SCC(=O)c3cc4ccccc4oc3=O)c2C#N)cc1. The van der Waals surface area contributed by atoms with Gasteiger partial charge in [0.15, 0.2) is 5.78 Å². The van der Waals surface area contributed by atoms with Crippen LogP contribution in [0.3, 0.4) is 0 Å². The van der Waals surface area contributed by atoms with E-state index in [9.17, 15) is 24.9 Å². The highest BCUT2D eigenvalue weighted by atomic mass is 32.2. The fourth-order valence-electron chi connectivity index (χ4n) is 3.51. The summed E-state index contributed by atoms with van der Waals surface area (Å²) in [6.45, 7) is 1.27. The summed E-state index contributed by atoms with van der Waals surface area (Å²) in [7, 11) is 0. The van der Waals surface area contributed by atoms with Crippen molar-refractivity contribution in [3.05, 3.63) is 81.7 Å². The summed E-state index contributed by atoms with van der Waals surface area (Å²) < 4.78 is 10.3. The van der Waals surface area contributed by atoms with Crippen LogP contribution in [0.15, 0.2) is 68.8 Å². The number of carbonyl (C=O) groups excluding carboxylic acids is 2. The van der Waals surface area contributed by atoms with Crippen LogP contribution in [0.1, 0.15) is 28.4 Å². The third-order valence-electron chi connectivity index (χ3n) is 5.10. The maximum Gasteiger partial charge on any atom is 0.347 e. The van der Waals surface area contributed by atoms with E-state index in [4.69, 9.17) is 14.9 Å². The highest BCUT2D eigenvalue weighted by molar-refractivity contribution is 8.00. The number of benzene rings is 2. The van der Waals surface area contributed by atoms with Crippen LogP contribution in [0.4, 0.5) is 5.82 Å². The van der Waals surface area contributed by atoms with E-state index in [0.717, 1.165) is 11.8 Å². The number of anilines is 1. The third kappa shape index (κ3) is 4.80. The van der Waals surface area contributed by atoms with Crippen LogP contribution >= 0.6 is 11.8 Å². The number of aromatic nitrogens is 1. The molecule has 4 aromatic rings. The minimum atomic E-state index is -0.763. The Balaban J connectivity index is 1.69. The molecule has 0 spiro atoms. The zero-order valence-electron chi connectivity index (χ0n) is 18.8. The van der Waals surface area contributed by atoms with Gasteiger partial charge in [0.1, 0.15) is 45.4 Å². The van der Waals surface area contributed by atoms with Crippen LogP contribution < -0.4 is 16.1 Å². The summed E-state index contributed by atoms with van der Waals surface area (Å²) in [5.41, 5.74) is 6.25. The number of hydrogen-bond acceptors (Lipinski definition) is 10. The third-order valence-corrected chi connectivity index (χ3v) is 6.08. The number of nitriles is 2. The lowest BCUT2D eigenvalue weighted by Crippen LogP contribution is -2.16. The summed E-state index contributed by atoms with van der Waals surface area (Å²) in [6.07, 6.45) is 0. The van der Waals surface area contributed by atoms with Crippen molar-refractivity contribution < 1.29 is 18.7 Å². The Hall–Kier alpha value is -4.93. The molecule has 176 valence electrons. The Morgan fingerprint density at radius 2 is 1.78 bits per heavy atom. The van der Waals surface area contributed by atoms with E-state index in [0.29, 0.717) is 22.3 Å². The Morgan fingerprint density at radius 1 is 1.08 bits per heavy atom. The fourth-order valence-corrected chi connectivity index (χ4v) is 4.39. The van der Waals surface area contributed by atoms with Gasteiger partial charge in [-0.3, -0.25) is 9.59 Å². The number of rotatable bonds is 6. The van der Waals surface area contributed by atoms with E-state index in [1.54, 1.807) is 36.4 Å². The smallest absolute Gasteiger partial charge is 0.347 e. The Morgan fingerprint density at radius 3 is 2.44 bits per heavy atom. The first-order chi connectivity index (χ1) is 17.3. The molecule has 0 fully saturated rings. The number of fused-ring (bicyclic) bond motifs is 1. The number of para-hydroxylation sites is 1. The van der Waals surface area contributed by atoms with Crippen LogP contribution in [-0.4, -0.2) is 22.5 Å². The fraction of sp³-hybridized carbons (Fsp3) is 0.0769. The number of nitrogens with zero attached hydrogens (tertiary/aromatic N) is 3. The van der Waals surface area contributed by atoms with Gasteiger partial charge in [-0.25, -0.2) is 9.78 Å². The van der Waals surface area contributed by atoms with Gasteiger partial charge >= 0.3 is 11.6 Å². The zero-order chi connectivity index (χ0) is 25.8. The quantitative estimate of drug-likeness (QED) is 0.135. The molecule has 0 saturated heterocycles. The van der Waals surface area contributed by atoms with Crippen LogP contribution in [0.25, 0.3) is 22.1 Å². The number of hydrogen-bond donors (Lipinski definition) is 1. The zero-order valence-corrected chi connectivity index (χ0v) is 19.6. The molecule has 2 N–H and O–H groups in total. The molecule has 2 heterocycles. The summed E-state index contributed by atoms with van der Waals surface area (Å²) >= 11 is 0.920. The molecule has 0 bridgehead atoms. The molecule has 0 radical (unpaired) electrons. The second kappa shape index (κ2) is 10.1. The number of nitrogen functional groups attached to an aromatic ring is 1. The van der Waals surface area contributed by atoms with E-state index in [1.807, 2.05) is 12.1 Å². The van der Waals surface area contributed by atoms with Gasteiger partial charge in [0, 0.05) is 17.9 Å². The lowest BCUT2D eigenvalue weighted by Gasteiger charge is -2.13. The average molecular weight is 497 g/mol. The Bertz CT molecular complexity index is 1660. The Labute approximate surface area is 208 Å². The first-order valence-corrected chi connectivity index (χ1v) is 11.4. The molecular weight excluding hydrogens is 480 g/mol. The van der Waals surface area contributed by atoms with E-state index >= 15 is 0 Å². The molecule has 0 aliphatic carbocycles. The predicted octanol–water partition coefficient (Wildman–Crippen LogP) is 4.08. The first kappa shape index (κ1) is 24.2. The van der Waals surface area contributed by atoms with E-state index in [2.05, 4.69) is 4.98 Å². The van der Waals surface area contributed by atoms with Crippen molar-refractivity contribution in [2.24, 2.45) is 0 Å². The van der Waals surface area contributed by atoms with E-state index < -0.39 is 17.4 Å². The van der Waals surface area contributed by atoms with Gasteiger partial charge in [-0.15, -0.1) is 0 Å². The van der Waals surface area contributed by atoms with Crippen molar-refractivity contribution in [1.29, 1.82) is 10.5 Å². The van der Waals surface area contributed by atoms with Crippen LogP contribution in [-0.2, 0) is 4.79 Å². The number of carbonyl (C=O) groups is 2.